The summed E-state index contributed by atoms with van der Waals surface area (Å²) < 4.78 is 27.7. The van der Waals surface area contributed by atoms with Crippen LogP contribution in [0.5, 0.6) is 5.75 Å². The number of aromatic hydroxyl groups is 1. The third-order valence-corrected chi connectivity index (χ3v) is 7.07. The highest BCUT2D eigenvalue weighted by Crippen LogP contribution is 2.24. The van der Waals surface area contributed by atoms with Crippen LogP contribution >= 0.6 is 23.2 Å². The Bertz CT molecular complexity index is 1310. The zero-order valence-electron chi connectivity index (χ0n) is 18.2. The minimum atomic E-state index is -4.10. The number of sulfonamides is 1. The molecule has 0 radical (unpaired) electrons. The second-order valence-electron chi connectivity index (χ2n) is 7.60. The van der Waals surface area contributed by atoms with E-state index < -0.39 is 27.9 Å². The fourth-order valence-electron chi connectivity index (χ4n) is 3.25. The van der Waals surface area contributed by atoms with Gasteiger partial charge in [-0.3, -0.25) is 9.59 Å². The Morgan fingerprint density at radius 2 is 1.46 bits per heavy atom. The topological polar surface area (TPSA) is 133 Å². The maximum absolute atomic E-state index is 12.7. The summed E-state index contributed by atoms with van der Waals surface area (Å²) in [5.41, 5.74) is 1.61. The quantitative estimate of drug-likeness (QED) is 0.285. The van der Waals surface area contributed by atoms with Crippen LogP contribution in [0.2, 0.25) is 10.0 Å². The van der Waals surface area contributed by atoms with Gasteiger partial charge in [-0.25, -0.2) is 8.42 Å². The lowest BCUT2D eigenvalue weighted by molar-refractivity contribution is -0.139. The normalized spacial score (nSPS) is 12.2. The molecule has 3 aromatic carbocycles. The van der Waals surface area contributed by atoms with Crippen LogP contribution in [-0.4, -0.2) is 43.1 Å². The molecule has 4 N–H and O–H groups in total. The summed E-state index contributed by atoms with van der Waals surface area (Å²) in [6.45, 7) is 0.0616. The number of carboxylic acid groups (broad SMARTS) is 1. The molecule has 3 aromatic rings. The number of phenolic OH excluding ortho intramolecular Hbond substituents is 1. The van der Waals surface area contributed by atoms with Gasteiger partial charge in [0, 0.05) is 16.6 Å². The number of nitrogens with one attached hydrogen (secondary N) is 2. The second kappa shape index (κ2) is 11.5. The van der Waals surface area contributed by atoms with Gasteiger partial charge in [-0.15, -0.1) is 0 Å². The molecule has 0 aliphatic rings. The van der Waals surface area contributed by atoms with E-state index in [1.807, 2.05) is 0 Å². The van der Waals surface area contributed by atoms with Gasteiger partial charge >= 0.3 is 5.97 Å². The Morgan fingerprint density at radius 3 is 2.06 bits per heavy atom. The molecule has 1 atom stereocenters. The Kier molecular flexibility index (Phi) is 8.74. The van der Waals surface area contributed by atoms with Crippen molar-refractivity contribution in [2.24, 2.45) is 0 Å². The molecule has 0 aromatic heterocycles. The lowest BCUT2D eigenvalue weighted by atomic mass is 10.1. The van der Waals surface area contributed by atoms with E-state index in [1.54, 1.807) is 36.4 Å². The van der Waals surface area contributed by atoms with Crippen LogP contribution < -0.4 is 10.0 Å². The monoisotopic (exact) mass is 536 g/mol. The smallest absolute Gasteiger partial charge is 0.321 e. The van der Waals surface area contributed by atoms with Crippen molar-refractivity contribution in [2.75, 3.05) is 6.54 Å². The summed E-state index contributed by atoms with van der Waals surface area (Å²) in [5.74, 6) is -2.17. The SMILES string of the molecule is O=C(NCCCC(NS(=O)(=O)c1ccc(-c2ccc(Cl)cc2)cc1)C(=O)O)c1cc(Cl)ccc1O. The highest BCUT2D eigenvalue weighted by atomic mass is 35.5. The van der Waals surface area contributed by atoms with Crippen molar-refractivity contribution in [3.63, 3.8) is 0 Å². The van der Waals surface area contributed by atoms with Crippen molar-refractivity contribution in [2.45, 2.75) is 23.8 Å². The number of carbonyl (C=O) groups excluding carboxylic acids is 1. The zero-order valence-corrected chi connectivity index (χ0v) is 20.6. The zero-order chi connectivity index (χ0) is 25.6. The summed E-state index contributed by atoms with van der Waals surface area (Å²) in [7, 11) is -4.10. The van der Waals surface area contributed by atoms with Gasteiger partial charge in [0.25, 0.3) is 5.91 Å². The number of amides is 1. The van der Waals surface area contributed by atoms with Gasteiger partial charge in [-0.05, 0) is 66.4 Å². The van der Waals surface area contributed by atoms with E-state index in [2.05, 4.69) is 10.0 Å². The Labute approximate surface area is 212 Å². The lowest BCUT2D eigenvalue weighted by Crippen LogP contribution is -2.41. The summed E-state index contributed by atoms with van der Waals surface area (Å²) in [4.78, 5) is 23.7. The molecule has 0 saturated carbocycles. The van der Waals surface area contributed by atoms with E-state index in [1.165, 1.54) is 30.3 Å². The number of hydrogen-bond acceptors (Lipinski definition) is 5. The molecule has 0 bridgehead atoms. The van der Waals surface area contributed by atoms with Gasteiger partial charge in [0.2, 0.25) is 10.0 Å². The molecule has 0 spiro atoms. The number of halogens is 2. The number of rotatable bonds is 10. The Morgan fingerprint density at radius 1 is 0.886 bits per heavy atom. The maximum atomic E-state index is 12.7. The minimum Gasteiger partial charge on any atom is -0.507 e. The first-order chi connectivity index (χ1) is 16.6. The number of benzene rings is 3. The summed E-state index contributed by atoms with van der Waals surface area (Å²) in [6, 6.07) is 15.7. The summed E-state index contributed by atoms with van der Waals surface area (Å²) in [6.07, 6.45) is 0.0985. The molecule has 8 nitrogen and oxygen atoms in total. The fraction of sp³-hybridized carbons (Fsp3) is 0.167. The van der Waals surface area contributed by atoms with E-state index >= 15 is 0 Å². The third kappa shape index (κ3) is 7.19. The number of carboxylic acids is 1. The first-order valence-electron chi connectivity index (χ1n) is 10.4. The van der Waals surface area contributed by atoms with Gasteiger partial charge in [-0.2, -0.15) is 4.72 Å². The highest BCUT2D eigenvalue weighted by molar-refractivity contribution is 7.89. The fourth-order valence-corrected chi connectivity index (χ4v) is 4.77. The van der Waals surface area contributed by atoms with E-state index in [9.17, 15) is 28.2 Å². The molecule has 184 valence electrons. The van der Waals surface area contributed by atoms with E-state index in [-0.39, 0.29) is 40.6 Å². The predicted molar refractivity (Wildman–Crippen MR) is 133 cm³/mol. The highest BCUT2D eigenvalue weighted by Gasteiger charge is 2.25. The molecule has 3 rings (SSSR count). The predicted octanol–water partition coefficient (Wildman–Crippen LogP) is 4.31. The van der Waals surface area contributed by atoms with Crippen LogP contribution in [0.4, 0.5) is 0 Å². The molecular formula is C24H22Cl2N2O6S. The maximum Gasteiger partial charge on any atom is 0.321 e. The number of hydrogen-bond donors (Lipinski definition) is 4. The Hall–Kier alpha value is -3.11. The van der Waals surface area contributed by atoms with E-state index in [0.29, 0.717) is 5.02 Å². The number of phenols is 1. The molecule has 0 fully saturated rings. The van der Waals surface area contributed by atoms with Crippen molar-refractivity contribution in [3.05, 3.63) is 82.3 Å². The average molecular weight is 537 g/mol. The van der Waals surface area contributed by atoms with Crippen LogP contribution in [0.1, 0.15) is 23.2 Å². The van der Waals surface area contributed by atoms with Crippen LogP contribution in [-0.2, 0) is 14.8 Å². The van der Waals surface area contributed by atoms with E-state index in [4.69, 9.17) is 23.2 Å². The third-order valence-electron chi connectivity index (χ3n) is 5.10. The molecule has 35 heavy (non-hydrogen) atoms. The van der Waals surface area contributed by atoms with Gasteiger partial charge in [0.05, 0.1) is 10.5 Å². The van der Waals surface area contributed by atoms with Crippen LogP contribution in [0.25, 0.3) is 11.1 Å². The van der Waals surface area contributed by atoms with Gasteiger partial charge in [0.1, 0.15) is 11.8 Å². The van der Waals surface area contributed by atoms with Crippen molar-refractivity contribution in [3.8, 4) is 16.9 Å². The molecule has 11 heteroatoms. The van der Waals surface area contributed by atoms with Crippen LogP contribution in [0.3, 0.4) is 0 Å². The van der Waals surface area contributed by atoms with Crippen molar-refractivity contribution in [1.82, 2.24) is 10.0 Å². The number of aliphatic carboxylic acids is 1. The molecule has 1 unspecified atom stereocenters. The lowest BCUT2D eigenvalue weighted by Gasteiger charge is -2.15. The van der Waals surface area contributed by atoms with Crippen LogP contribution in [0.15, 0.2) is 71.6 Å². The second-order valence-corrected chi connectivity index (χ2v) is 10.2. The van der Waals surface area contributed by atoms with E-state index in [0.717, 1.165) is 11.1 Å². The standard InChI is InChI=1S/C24H22Cl2N2O6S/c25-17-7-3-15(4-8-17)16-5-10-19(11-6-16)35(33,34)28-21(24(31)32)2-1-13-27-23(30)20-14-18(26)9-12-22(20)29/h3-12,14,21,28-29H,1-2,13H2,(H,27,30)(H,31,32). The molecule has 0 aliphatic carbocycles. The molecule has 0 saturated heterocycles. The summed E-state index contributed by atoms with van der Waals surface area (Å²) in [5, 5.41) is 22.7. The minimum absolute atomic E-state index is 0.0185. The Balaban J connectivity index is 1.59. The molecule has 1 amide bonds. The van der Waals surface area contributed by atoms with Crippen molar-refractivity contribution < 1.29 is 28.2 Å². The first-order valence-corrected chi connectivity index (χ1v) is 12.7. The molecular weight excluding hydrogens is 515 g/mol. The summed E-state index contributed by atoms with van der Waals surface area (Å²) >= 11 is 11.7. The first kappa shape index (κ1) is 26.5. The largest absolute Gasteiger partial charge is 0.507 e. The van der Waals surface area contributed by atoms with Crippen molar-refractivity contribution >= 4 is 45.1 Å². The van der Waals surface area contributed by atoms with Gasteiger partial charge in [-0.1, -0.05) is 47.5 Å². The van der Waals surface area contributed by atoms with Gasteiger partial charge in [0.15, 0.2) is 0 Å². The van der Waals surface area contributed by atoms with Gasteiger partial charge < -0.3 is 15.5 Å². The van der Waals surface area contributed by atoms with Crippen molar-refractivity contribution in [1.29, 1.82) is 0 Å². The number of carbonyl (C=O) groups is 2. The van der Waals surface area contributed by atoms with Crippen LogP contribution in [0, 0.1) is 0 Å². The molecule has 0 aliphatic heterocycles. The average Bonchev–Trinajstić information content (AvgIpc) is 2.82. The molecule has 0 heterocycles.